The lowest BCUT2D eigenvalue weighted by Gasteiger charge is -2.07. The Morgan fingerprint density at radius 2 is 2.12 bits per heavy atom. The van der Waals surface area contributed by atoms with E-state index in [1.165, 1.54) is 0 Å². The summed E-state index contributed by atoms with van der Waals surface area (Å²) in [6.07, 6.45) is 0. The fraction of sp³-hybridized carbons (Fsp3) is 0.455. The number of methoxy groups -OCH3 is 1. The zero-order valence-corrected chi connectivity index (χ0v) is 9.74. The van der Waals surface area contributed by atoms with Gasteiger partial charge in [0.1, 0.15) is 0 Å². The quantitative estimate of drug-likeness (QED) is 0.599. The Kier molecular flexibility index (Phi) is 4.88. The summed E-state index contributed by atoms with van der Waals surface area (Å²) in [5, 5.41) is 0. The van der Waals surface area contributed by atoms with Gasteiger partial charge in [0.05, 0.1) is 24.5 Å². The third-order valence-corrected chi connectivity index (χ3v) is 2.02. The van der Waals surface area contributed by atoms with E-state index in [-0.39, 0.29) is 5.91 Å². The van der Waals surface area contributed by atoms with Gasteiger partial charge in [-0.25, -0.2) is 5.48 Å². The van der Waals surface area contributed by atoms with Gasteiger partial charge in [0.25, 0.3) is 5.91 Å². The van der Waals surface area contributed by atoms with Crippen LogP contribution in [-0.2, 0) is 9.57 Å². The van der Waals surface area contributed by atoms with Crippen LogP contribution in [0, 0.1) is 13.8 Å². The van der Waals surface area contributed by atoms with E-state index in [9.17, 15) is 4.79 Å². The van der Waals surface area contributed by atoms with E-state index in [4.69, 9.17) is 9.57 Å². The molecule has 88 valence electrons. The van der Waals surface area contributed by atoms with Crippen molar-refractivity contribution in [1.29, 1.82) is 0 Å². The average Bonchev–Trinajstić information content (AvgIpc) is 2.24. The monoisotopic (exact) mass is 224 g/mol. The smallest absolute Gasteiger partial charge is 0.276 e. The van der Waals surface area contributed by atoms with Crippen LogP contribution in [0.1, 0.15) is 21.7 Å². The molecule has 1 heterocycles. The Morgan fingerprint density at radius 3 is 2.75 bits per heavy atom. The van der Waals surface area contributed by atoms with Crippen LogP contribution in [0.25, 0.3) is 0 Å². The lowest BCUT2D eigenvalue weighted by atomic mass is 10.2. The van der Waals surface area contributed by atoms with Gasteiger partial charge in [0, 0.05) is 12.8 Å². The van der Waals surface area contributed by atoms with E-state index >= 15 is 0 Å². The predicted octanol–water partition coefficient (Wildman–Crippen LogP) is 1.01. The lowest BCUT2D eigenvalue weighted by Crippen LogP contribution is -2.26. The average molecular weight is 224 g/mol. The molecule has 0 radical (unpaired) electrons. The first-order valence-corrected chi connectivity index (χ1v) is 5.00. The molecule has 5 nitrogen and oxygen atoms in total. The maximum atomic E-state index is 11.6. The van der Waals surface area contributed by atoms with Crippen LogP contribution in [-0.4, -0.2) is 31.2 Å². The van der Waals surface area contributed by atoms with Crippen LogP contribution in [0.5, 0.6) is 0 Å². The van der Waals surface area contributed by atoms with Gasteiger partial charge in [-0.05, 0) is 26.0 Å². The van der Waals surface area contributed by atoms with Crippen molar-refractivity contribution in [3.05, 3.63) is 29.1 Å². The van der Waals surface area contributed by atoms with Crippen LogP contribution in [0.4, 0.5) is 0 Å². The molecule has 0 aliphatic heterocycles. The maximum absolute atomic E-state index is 11.6. The van der Waals surface area contributed by atoms with Gasteiger partial charge in [-0.15, -0.1) is 0 Å². The van der Waals surface area contributed by atoms with E-state index in [2.05, 4.69) is 10.5 Å². The van der Waals surface area contributed by atoms with E-state index in [0.717, 1.165) is 5.69 Å². The molecule has 0 unspecified atom stereocenters. The van der Waals surface area contributed by atoms with Crippen LogP contribution < -0.4 is 5.48 Å². The molecule has 1 N–H and O–H groups in total. The number of hydrogen-bond donors (Lipinski definition) is 1. The first-order valence-electron chi connectivity index (χ1n) is 5.00. The zero-order chi connectivity index (χ0) is 12.0. The Labute approximate surface area is 94.7 Å². The molecule has 1 amide bonds. The number of amides is 1. The molecule has 0 aromatic carbocycles. The topological polar surface area (TPSA) is 60.5 Å². The second-order valence-electron chi connectivity index (χ2n) is 3.36. The molecular formula is C11H16N2O3. The molecular weight excluding hydrogens is 208 g/mol. The lowest BCUT2D eigenvalue weighted by molar-refractivity contribution is 0.00882. The predicted molar refractivity (Wildman–Crippen MR) is 59.0 cm³/mol. The molecule has 1 aromatic heterocycles. The summed E-state index contributed by atoms with van der Waals surface area (Å²) in [5.74, 6) is -0.291. The Balaban J connectivity index is 2.53. The van der Waals surface area contributed by atoms with E-state index < -0.39 is 0 Å². The summed E-state index contributed by atoms with van der Waals surface area (Å²) >= 11 is 0. The molecule has 0 spiro atoms. The van der Waals surface area contributed by atoms with Crippen molar-refractivity contribution < 1.29 is 14.4 Å². The summed E-state index contributed by atoms with van der Waals surface area (Å²) in [5.41, 5.74) is 4.42. The second-order valence-corrected chi connectivity index (χ2v) is 3.36. The first kappa shape index (κ1) is 12.6. The van der Waals surface area contributed by atoms with Gasteiger partial charge >= 0.3 is 0 Å². The van der Waals surface area contributed by atoms with E-state index in [1.807, 2.05) is 6.92 Å². The summed E-state index contributed by atoms with van der Waals surface area (Å²) in [4.78, 5) is 20.7. The molecule has 0 saturated carbocycles. The maximum Gasteiger partial charge on any atom is 0.276 e. The minimum atomic E-state index is -0.291. The number of pyridine rings is 1. The van der Waals surface area contributed by atoms with Crippen LogP contribution in [0.2, 0.25) is 0 Å². The van der Waals surface area contributed by atoms with Crippen molar-refractivity contribution in [3.63, 3.8) is 0 Å². The standard InChI is InChI=1S/C11H16N2O3/c1-8-4-5-10(9(2)12-8)11(14)13-16-7-6-15-3/h4-5H,6-7H2,1-3H3,(H,13,14). The van der Waals surface area contributed by atoms with Crippen molar-refractivity contribution in [1.82, 2.24) is 10.5 Å². The largest absolute Gasteiger partial charge is 0.382 e. The van der Waals surface area contributed by atoms with Gasteiger partial charge < -0.3 is 4.74 Å². The number of ether oxygens (including phenoxy) is 1. The van der Waals surface area contributed by atoms with Gasteiger partial charge in [-0.2, -0.15) is 0 Å². The Hall–Kier alpha value is -1.46. The van der Waals surface area contributed by atoms with Gasteiger partial charge in [0.2, 0.25) is 0 Å². The zero-order valence-electron chi connectivity index (χ0n) is 9.74. The number of nitrogens with one attached hydrogen (secondary N) is 1. The summed E-state index contributed by atoms with van der Waals surface area (Å²) in [6.45, 7) is 4.42. The highest BCUT2D eigenvalue weighted by molar-refractivity contribution is 5.94. The Bertz CT molecular complexity index is 366. The molecule has 1 rings (SSSR count). The highest BCUT2D eigenvalue weighted by atomic mass is 16.7. The number of rotatable bonds is 5. The Morgan fingerprint density at radius 1 is 1.38 bits per heavy atom. The minimum Gasteiger partial charge on any atom is -0.382 e. The molecule has 0 fully saturated rings. The molecule has 0 aliphatic rings. The third kappa shape index (κ3) is 3.60. The number of hydrogen-bond acceptors (Lipinski definition) is 4. The van der Waals surface area contributed by atoms with Gasteiger partial charge in [0.15, 0.2) is 0 Å². The number of aromatic nitrogens is 1. The third-order valence-electron chi connectivity index (χ3n) is 2.02. The molecule has 16 heavy (non-hydrogen) atoms. The van der Waals surface area contributed by atoms with Gasteiger partial charge in [-0.1, -0.05) is 0 Å². The van der Waals surface area contributed by atoms with E-state index in [0.29, 0.717) is 24.5 Å². The number of carbonyl (C=O) groups excluding carboxylic acids is 1. The number of nitrogens with zero attached hydrogens (tertiary/aromatic N) is 1. The summed E-state index contributed by atoms with van der Waals surface area (Å²) in [7, 11) is 1.57. The SMILES string of the molecule is COCCONC(=O)c1ccc(C)nc1C. The van der Waals surface area contributed by atoms with Crippen molar-refractivity contribution in [2.45, 2.75) is 13.8 Å². The number of hydroxylamine groups is 1. The molecule has 0 atom stereocenters. The number of aryl methyl sites for hydroxylation is 2. The highest BCUT2D eigenvalue weighted by Crippen LogP contribution is 2.05. The molecule has 0 bridgehead atoms. The first-order chi connectivity index (χ1) is 7.65. The number of carbonyl (C=O) groups is 1. The van der Waals surface area contributed by atoms with Crippen molar-refractivity contribution in [2.24, 2.45) is 0 Å². The highest BCUT2D eigenvalue weighted by Gasteiger charge is 2.09. The van der Waals surface area contributed by atoms with Crippen LogP contribution in [0.3, 0.4) is 0 Å². The molecule has 0 aliphatic carbocycles. The summed E-state index contributed by atoms with van der Waals surface area (Å²) in [6, 6.07) is 3.52. The fourth-order valence-corrected chi connectivity index (χ4v) is 1.22. The minimum absolute atomic E-state index is 0.291. The fourth-order valence-electron chi connectivity index (χ4n) is 1.22. The van der Waals surface area contributed by atoms with Crippen LogP contribution in [0.15, 0.2) is 12.1 Å². The molecule has 5 heteroatoms. The van der Waals surface area contributed by atoms with Crippen molar-refractivity contribution >= 4 is 5.91 Å². The second kappa shape index (κ2) is 6.19. The van der Waals surface area contributed by atoms with Crippen molar-refractivity contribution in [2.75, 3.05) is 20.3 Å². The van der Waals surface area contributed by atoms with Crippen molar-refractivity contribution in [3.8, 4) is 0 Å². The van der Waals surface area contributed by atoms with Gasteiger partial charge in [-0.3, -0.25) is 14.6 Å². The molecule has 0 saturated heterocycles. The normalized spacial score (nSPS) is 10.2. The van der Waals surface area contributed by atoms with E-state index in [1.54, 1.807) is 26.2 Å². The molecule has 1 aromatic rings. The van der Waals surface area contributed by atoms with Crippen LogP contribution >= 0.6 is 0 Å². The summed E-state index contributed by atoms with van der Waals surface area (Å²) < 4.78 is 4.78.